The third-order valence-corrected chi connectivity index (χ3v) is 8.37. The zero-order chi connectivity index (χ0) is 19.4. The van der Waals surface area contributed by atoms with Gasteiger partial charge in [-0.15, -0.1) is 0 Å². The first-order valence-electron chi connectivity index (χ1n) is 9.91. The molecule has 0 bridgehead atoms. The van der Waals surface area contributed by atoms with E-state index in [0.717, 1.165) is 19.3 Å². The maximum atomic E-state index is 11.4. The van der Waals surface area contributed by atoms with Gasteiger partial charge in [0.15, 0.2) is 0 Å². The molecule has 7 atom stereocenters. The summed E-state index contributed by atoms with van der Waals surface area (Å²) in [6.45, 7) is 5.96. The van der Waals surface area contributed by atoms with Crippen LogP contribution in [0.5, 0.6) is 0 Å². The van der Waals surface area contributed by atoms with E-state index in [1.807, 2.05) is 6.92 Å². The Morgan fingerprint density at radius 2 is 1.77 bits per heavy atom. The minimum atomic E-state index is -1.03. The van der Waals surface area contributed by atoms with Crippen LogP contribution in [0.15, 0.2) is 0 Å². The molecule has 3 rings (SSSR count). The Morgan fingerprint density at radius 3 is 2.35 bits per heavy atom. The number of rotatable bonds is 4. The molecular weight excluding hydrogens is 336 g/mol. The number of aliphatic carboxylic acids is 1. The van der Waals surface area contributed by atoms with Gasteiger partial charge in [-0.2, -0.15) is 0 Å². The standard InChI is InChI=1S/C20H34O6/c1-13-4-5-14-17(2,11-21)15(23)6-7-18(14,3)20(13)9-8-19(12-22,26-20)10-16(24)25/h13-15,21-23H,4-12H2,1-3H3,(H,24,25)/t13-,14-,15+,17+,18+,19-,20-/m1/s1. The Balaban J connectivity index is 2.02. The topological polar surface area (TPSA) is 107 Å². The SMILES string of the molecule is C[C@@H]1CC[C@@H]2[C@](C)(CO)[C@@H](O)CC[C@]2(C)[C@@]12CC[C@](CO)(CC(=O)O)O2. The highest BCUT2D eigenvalue weighted by atomic mass is 16.5. The summed E-state index contributed by atoms with van der Waals surface area (Å²) in [6.07, 6.45) is 3.73. The fraction of sp³-hybridized carbons (Fsp3) is 0.950. The lowest BCUT2D eigenvalue weighted by molar-refractivity contribution is -0.271. The van der Waals surface area contributed by atoms with E-state index >= 15 is 0 Å². The molecule has 4 N–H and O–H groups in total. The summed E-state index contributed by atoms with van der Waals surface area (Å²) in [5.41, 5.74) is -2.40. The van der Waals surface area contributed by atoms with Crippen molar-refractivity contribution in [1.82, 2.24) is 0 Å². The minimum absolute atomic E-state index is 0.0703. The van der Waals surface area contributed by atoms with Crippen molar-refractivity contribution >= 4 is 5.97 Å². The van der Waals surface area contributed by atoms with Crippen molar-refractivity contribution in [2.24, 2.45) is 22.7 Å². The van der Waals surface area contributed by atoms with Crippen molar-refractivity contribution in [2.75, 3.05) is 13.2 Å². The highest BCUT2D eigenvalue weighted by Crippen LogP contribution is 2.67. The molecule has 0 unspecified atom stereocenters. The van der Waals surface area contributed by atoms with Crippen LogP contribution in [0.3, 0.4) is 0 Å². The Morgan fingerprint density at radius 1 is 1.08 bits per heavy atom. The Kier molecular flexibility index (Phi) is 4.96. The van der Waals surface area contributed by atoms with Crippen LogP contribution in [0.1, 0.15) is 65.7 Å². The molecule has 26 heavy (non-hydrogen) atoms. The summed E-state index contributed by atoms with van der Waals surface area (Å²) in [5.74, 6) is -0.621. The molecule has 1 heterocycles. The number of carboxylic acid groups (broad SMARTS) is 1. The predicted octanol–water partition coefficient (Wildman–Crippen LogP) is 1.95. The van der Waals surface area contributed by atoms with Gasteiger partial charge in [-0.25, -0.2) is 0 Å². The first kappa shape index (κ1) is 20.1. The van der Waals surface area contributed by atoms with E-state index in [-0.39, 0.29) is 36.9 Å². The van der Waals surface area contributed by atoms with Gasteiger partial charge in [0.25, 0.3) is 0 Å². The van der Waals surface area contributed by atoms with E-state index in [1.165, 1.54) is 0 Å². The van der Waals surface area contributed by atoms with Gasteiger partial charge in [-0.05, 0) is 50.4 Å². The maximum Gasteiger partial charge on any atom is 0.306 e. The number of hydrogen-bond donors (Lipinski definition) is 4. The molecule has 6 heteroatoms. The van der Waals surface area contributed by atoms with Crippen molar-refractivity contribution in [1.29, 1.82) is 0 Å². The Labute approximate surface area is 155 Å². The first-order chi connectivity index (χ1) is 12.1. The number of aliphatic hydroxyl groups is 3. The number of carboxylic acids is 1. The summed E-state index contributed by atoms with van der Waals surface area (Å²) in [5, 5.41) is 40.0. The number of ether oxygens (including phenoxy) is 1. The van der Waals surface area contributed by atoms with Crippen molar-refractivity contribution in [3.63, 3.8) is 0 Å². The minimum Gasteiger partial charge on any atom is -0.481 e. The van der Waals surface area contributed by atoms with E-state index in [4.69, 9.17) is 4.74 Å². The van der Waals surface area contributed by atoms with Gasteiger partial charge in [0, 0.05) is 10.8 Å². The highest BCUT2D eigenvalue weighted by Gasteiger charge is 2.68. The van der Waals surface area contributed by atoms with E-state index in [0.29, 0.717) is 19.3 Å². The second-order valence-electron chi connectivity index (χ2n) is 9.57. The Hall–Kier alpha value is -0.690. The molecule has 3 aliphatic rings. The zero-order valence-electron chi connectivity index (χ0n) is 16.2. The molecule has 0 aromatic rings. The van der Waals surface area contributed by atoms with Gasteiger partial charge in [0.1, 0.15) is 5.60 Å². The van der Waals surface area contributed by atoms with E-state index in [2.05, 4.69) is 13.8 Å². The van der Waals surface area contributed by atoms with Crippen molar-refractivity contribution in [3.05, 3.63) is 0 Å². The lowest BCUT2D eigenvalue weighted by Gasteiger charge is -2.65. The van der Waals surface area contributed by atoms with Gasteiger partial charge in [-0.1, -0.05) is 20.8 Å². The molecular formula is C20H34O6. The third kappa shape index (κ3) is 2.56. The zero-order valence-corrected chi connectivity index (χ0v) is 16.2. The first-order valence-corrected chi connectivity index (χ1v) is 9.91. The Bertz CT molecular complexity index is 567. The summed E-state index contributed by atoms with van der Waals surface area (Å²) in [4.78, 5) is 11.4. The predicted molar refractivity (Wildman–Crippen MR) is 95.5 cm³/mol. The summed E-state index contributed by atoms with van der Waals surface area (Å²) in [7, 11) is 0. The average molecular weight is 370 g/mol. The van der Waals surface area contributed by atoms with Crippen LogP contribution < -0.4 is 0 Å². The molecule has 1 spiro atoms. The van der Waals surface area contributed by atoms with E-state index in [9.17, 15) is 25.2 Å². The lowest BCUT2D eigenvalue weighted by Crippen LogP contribution is -2.66. The largest absolute Gasteiger partial charge is 0.481 e. The average Bonchev–Trinajstić information content (AvgIpc) is 2.98. The fourth-order valence-corrected chi connectivity index (χ4v) is 6.70. The van der Waals surface area contributed by atoms with Crippen LogP contribution in [0.4, 0.5) is 0 Å². The van der Waals surface area contributed by atoms with Crippen molar-refractivity contribution < 1.29 is 30.0 Å². The van der Waals surface area contributed by atoms with Crippen molar-refractivity contribution in [2.45, 2.75) is 83.0 Å². The molecule has 150 valence electrons. The third-order valence-electron chi connectivity index (χ3n) is 8.37. The molecule has 2 saturated carbocycles. The van der Waals surface area contributed by atoms with Crippen LogP contribution in [-0.4, -0.2) is 56.9 Å². The van der Waals surface area contributed by atoms with Crippen LogP contribution >= 0.6 is 0 Å². The quantitative estimate of drug-likeness (QED) is 0.602. The molecule has 1 saturated heterocycles. The van der Waals surface area contributed by atoms with Gasteiger partial charge in [-0.3, -0.25) is 4.79 Å². The van der Waals surface area contributed by atoms with Gasteiger partial charge < -0.3 is 25.2 Å². The van der Waals surface area contributed by atoms with Crippen molar-refractivity contribution in [3.8, 4) is 0 Å². The maximum absolute atomic E-state index is 11.4. The smallest absolute Gasteiger partial charge is 0.306 e. The van der Waals surface area contributed by atoms with Gasteiger partial charge in [0.2, 0.25) is 0 Å². The van der Waals surface area contributed by atoms with Crippen LogP contribution in [0.25, 0.3) is 0 Å². The molecule has 6 nitrogen and oxygen atoms in total. The van der Waals surface area contributed by atoms with E-state index < -0.39 is 28.7 Å². The molecule has 3 fully saturated rings. The number of carbonyl (C=O) groups is 1. The number of aliphatic hydroxyl groups excluding tert-OH is 3. The lowest BCUT2D eigenvalue weighted by atomic mass is 9.43. The van der Waals surface area contributed by atoms with E-state index in [1.54, 1.807) is 0 Å². The van der Waals surface area contributed by atoms with Gasteiger partial charge >= 0.3 is 5.97 Å². The monoisotopic (exact) mass is 370 g/mol. The summed E-state index contributed by atoms with van der Waals surface area (Å²) >= 11 is 0. The fourth-order valence-electron chi connectivity index (χ4n) is 6.70. The highest BCUT2D eigenvalue weighted by molar-refractivity contribution is 5.68. The van der Waals surface area contributed by atoms with Crippen LogP contribution in [0.2, 0.25) is 0 Å². The van der Waals surface area contributed by atoms with Gasteiger partial charge in [0.05, 0.1) is 31.3 Å². The number of hydrogen-bond acceptors (Lipinski definition) is 5. The summed E-state index contributed by atoms with van der Waals surface area (Å²) in [6, 6.07) is 0. The molecule has 0 aromatic heterocycles. The molecule has 2 aliphatic carbocycles. The normalized spacial score (nSPS) is 51.4. The molecule has 0 amide bonds. The summed E-state index contributed by atoms with van der Waals surface area (Å²) < 4.78 is 6.60. The van der Waals surface area contributed by atoms with Crippen LogP contribution in [-0.2, 0) is 9.53 Å². The molecule has 0 aromatic carbocycles. The second-order valence-corrected chi connectivity index (χ2v) is 9.57. The number of fused-ring (bicyclic) bond motifs is 2. The van der Waals surface area contributed by atoms with Crippen LogP contribution in [0, 0.1) is 22.7 Å². The molecule has 1 aliphatic heterocycles. The molecule has 0 radical (unpaired) electrons. The second kappa shape index (κ2) is 6.43.